The van der Waals surface area contributed by atoms with Crippen LogP contribution in [0, 0.1) is 6.40 Å². The monoisotopic (exact) mass is 217 g/mol. The van der Waals surface area contributed by atoms with Gasteiger partial charge in [0, 0.05) is 11.7 Å². The number of pyridine rings is 1. The second-order valence-corrected chi connectivity index (χ2v) is 4.16. The number of hydrogen-bond donors (Lipinski definition) is 1. The molecule has 1 radical (unpaired) electrons. The molecule has 0 atom stereocenters. The van der Waals surface area contributed by atoms with Gasteiger partial charge < -0.3 is 5.73 Å². The summed E-state index contributed by atoms with van der Waals surface area (Å²) in [5.74, 6) is 0. The number of aromatic nitrogens is 1. The lowest BCUT2D eigenvalue weighted by atomic mass is 10.2. The van der Waals surface area contributed by atoms with Gasteiger partial charge in [-0.05, 0) is 24.1 Å². The van der Waals surface area contributed by atoms with Crippen LogP contribution in [0.2, 0.25) is 0 Å². The number of amides is 1. The first-order valence-corrected chi connectivity index (χ1v) is 4.90. The van der Waals surface area contributed by atoms with Gasteiger partial charge in [-0.25, -0.2) is 13.4 Å². The first-order chi connectivity index (χ1) is 8.06. The molecule has 0 unspecified atom stereocenters. The summed E-state index contributed by atoms with van der Waals surface area (Å²) in [5, 5.41) is -2.27. The highest BCUT2D eigenvalue weighted by molar-refractivity contribution is 8.05. The first-order valence-electron chi connectivity index (χ1n) is 5.42. The van der Waals surface area contributed by atoms with Crippen molar-refractivity contribution in [1.29, 1.82) is 0 Å². The van der Waals surface area contributed by atoms with Crippen LogP contribution in [0.3, 0.4) is 0 Å². The van der Waals surface area contributed by atoms with E-state index >= 15 is 0 Å². The number of carbonyl (C=O) groups excluding carboxylic acids is 1. The fourth-order valence-corrected chi connectivity index (χ4v) is 1.43. The highest BCUT2D eigenvalue weighted by atomic mass is 32.2. The van der Waals surface area contributed by atoms with Crippen LogP contribution >= 0.6 is 0 Å². The van der Waals surface area contributed by atoms with E-state index in [0.29, 0.717) is 0 Å². The molecule has 0 aromatic carbocycles. The van der Waals surface area contributed by atoms with Gasteiger partial charge in [-0.2, -0.15) is 0 Å². The Morgan fingerprint density at radius 1 is 1.79 bits per heavy atom. The minimum atomic E-state index is -4.43. The molecule has 75 valence electrons. The minimum absolute atomic E-state index is 0.162. The molecule has 0 spiro atoms. The molecule has 1 aromatic heterocycles. The Balaban J connectivity index is 3.28. The van der Waals surface area contributed by atoms with Crippen molar-refractivity contribution >= 4 is 15.1 Å². The summed E-state index contributed by atoms with van der Waals surface area (Å²) in [7, 11) is -4.43. The molecule has 0 aliphatic carbocycles. The van der Waals surface area contributed by atoms with E-state index in [1.807, 2.05) is 0 Å². The molecule has 5 nitrogen and oxygen atoms in total. The van der Waals surface area contributed by atoms with Crippen molar-refractivity contribution in [3.05, 3.63) is 30.3 Å². The van der Waals surface area contributed by atoms with Crippen LogP contribution in [0.4, 0.5) is 4.79 Å². The van der Waals surface area contributed by atoms with Gasteiger partial charge in [-0.15, -0.1) is 0 Å². The van der Waals surface area contributed by atoms with E-state index in [1.165, 1.54) is 0 Å². The van der Waals surface area contributed by atoms with E-state index in [-0.39, 0.29) is 5.56 Å². The van der Waals surface area contributed by atoms with Crippen molar-refractivity contribution in [2.24, 2.45) is 5.73 Å². The van der Waals surface area contributed by atoms with Gasteiger partial charge in [-0.1, -0.05) is 6.85 Å². The molecule has 2 N–H and O–H groups in total. The van der Waals surface area contributed by atoms with Crippen LogP contribution < -0.4 is 5.73 Å². The zero-order valence-corrected chi connectivity index (χ0v) is 7.71. The highest BCUT2D eigenvalue weighted by Gasteiger charge is 2.22. The van der Waals surface area contributed by atoms with Gasteiger partial charge >= 0.3 is 5.24 Å². The fourth-order valence-electron chi connectivity index (χ4n) is 0.737. The summed E-state index contributed by atoms with van der Waals surface area (Å²) in [6.45, 7) is -2.69. The summed E-state index contributed by atoms with van der Waals surface area (Å²) in [5.41, 5.74) is 4.52. The average Bonchev–Trinajstić information content (AvgIpc) is 2.26. The Hall–Kier alpha value is -1.43. The Kier molecular flexibility index (Phi) is 1.64. The maximum Gasteiger partial charge on any atom is 0.340 e. The van der Waals surface area contributed by atoms with Crippen molar-refractivity contribution in [2.75, 3.05) is 0 Å². The lowest BCUT2D eigenvalue weighted by molar-refractivity contribution is 0.265. The number of nitrogens with zero attached hydrogens (tertiary/aromatic N) is 1. The molecule has 0 aliphatic heterocycles. The van der Waals surface area contributed by atoms with Crippen LogP contribution in [0.15, 0.2) is 23.4 Å². The molecule has 0 aliphatic rings. The number of rotatable bonds is 2. The van der Waals surface area contributed by atoms with Gasteiger partial charge in [0.1, 0.15) is 0 Å². The predicted molar refractivity (Wildman–Crippen MR) is 50.1 cm³/mol. The quantitative estimate of drug-likeness (QED) is 0.781. The third kappa shape index (κ3) is 1.90. The summed E-state index contributed by atoms with van der Waals surface area (Å²) in [6, 6.07) is 1.99. The maximum atomic E-state index is 11.4. The van der Waals surface area contributed by atoms with Gasteiger partial charge in [0.15, 0.2) is 5.03 Å². The SMILES string of the molecule is [2H][C](c1ccnc(S(=O)(=O)C(N)=O)c1)C([2H])([2H])[2H]. The number of primary amides is 1. The number of nitrogens with two attached hydrogens (primary N) is 1. The lowest BCUT2D eigenvalue weighted by Crippen LogP contribution is -2.22. The molecule has 6 heteroatoms. The van der Waals surface area contributed by atoms with Gasteiger partial charge in [0.25, 0.3) is 9.84 Å². The van der Waals surface area contributed by atoms with Crippen LogP contribution in [0.5, 0.6) is 0 Å². The number of hydrogen-bond acceptors (Lipinski definition) is 4. The van der Waals surface area contributed by atoms with Crippen molar-refractivity contribution in [2.45, 2.75) is 11.9 Å². The Labute approximate surface area is 87.5 Å². The molecule has 1 amide bonds. The largest absolute Gasteiger partial charge is 0.356 e. The third-order valence-corrected chi connectivity index (χ3v) is 2.72. The third-order valence-electron chi connectivity index (χ3n) is 1.42. The normalized spacial score (nSPS) is 16.6. The maximum absolute atomic E-state index is 11.4. The highest BCUT2D eigenvalue weighted by Crippen LogP contribution is 2.10. The van der Waals surface area contributed by atoms with Gasteiger partial charge in [-0.3, -0.25) is 4.79 Å². The molecular formula is C8H9N2O3S. The lowest BCUT2D eigenvalue weighted by Gasteiger charge is -2.00. The van der Waals surface area contributed by atoms with Crippen molar-refractivity contribution < 1.29 is 18.7 Å². The Morgan fingerprint density at radius 3 is 3.07 bits per heavy atom. The Bertz CT molecular complexity index is 570. The molecule has 0 bridgehead atoms. The van der Waals surface area contributed by atoms with E-state index in [2.05, 4.69) is 10.7 Å². The van der Waals surface area contributed by atoms with Crippen LogP contribution in [0.1, 0.15) is 17.9 Å². The van der Waals surface area contributed by atoms with Crippen molar-refractivity contribution in [3.8, 4) is 0 Å². The number of sulfone groups is 1. The molecule has 1 heterocycles. The fraction of sp³-hybridized carbons (Fsp3) is 0.125. The zero-order valence-electron chi connectivity index (χ0n) is 10.9. The average molecular weight is 217 g/mol. The molecule has 0 saturated heterocycles. The van der Waals surface area contributed by atoms with Gasteiger partial charge in [0.2, 0.25) is 0 Å². The van der Waals surface area contributed by atoms with E-state index in [0.717, 1.165) is 18.3 Å². The summed E-state index contributed by atoms with van der Waals surface area (Å²) >= 11 is 0. The molecule has 1 aromatic rings. The van der Waals surface area contributed by atoms with Crippen molar-refractivity contribution in [1.82, 2.24) is 4.98 Å². The van der Waals surface area contributed by atoms with E-state index in [4.69, 9.17) is 5.48 Å². The van der Waals surface area contributed by atoms with Crippen LogP contribution in [-0.2, 0) is 9.84 Å². The summed E-state index contributed by atoms with van der Waals surface area (Å²) in [4.78, 5) is 14.2. The Morgan fingerprint density at radius 2 is 2.50 bits per heavy atom. The van der Waals surface area contributed by atoms with Gasteiger partial charge in [0.05, 0.1) is 0 Å². The zero-order chi connectivity index (χ0) is 14.1. The standard InChI is InChI=1S/C8H9N2O3S/c1-2-6-3-4-10-7(5-6)14(12,13)8(9)11/h2-5H,1H3,(H2,9,11)/i1D3,2D. The first kappa shape index (κ1) is 6.13. The van der Waals surface area contributed by atoms with Crippen LogP contribution in [-0.4, -0.2) is 18.6 Å². The molecule has 0 fully saturated rings. The van der Waals surface area contributed by atoms with E-state index in [9.17, 15) is 13.2 Å². The molecular weight excluding hydrogens is 204 g/mol. The topological polar surface area (TPSA) is 90.1 Å². The molecule has 14 heavy (non-hydrogen) atoms. The van der Waals surface area contributed by atoms with E-state index < -0.39 is 33.4 Å². The predicted octanol–water partition coefficient (Wildman–Crippen LogP) is 0.506. The molecule has 1 rings (SSSR count). The van der Waals surface area contributed by atoms with Crippen molar-refractivity contribution in [3.63, 3.8) is 0 Å². The van der Waals surface area contributed by atoms with Crippen LogP contribution in [0.25, 0.3) is 0 Å². The summed E-state index contributed by atoms with van der Waals surface area (Å²) < 4.78 is 51.3. The van der Waals surface area contributed by atoms with E-state index in [1.54, 1.807) is 0 Å². The minimum Gasteiger partial charge on any atom is -0.356 e. The number of carbonyl (C=O) groups is 1. The smallest absolute Gasteiger partial charge is 0.340 e. The summed E-state index contributed by atoms with van der Waals surface area (Å²) in [6.07, 6.45) is 0.247. The molecule has 0 saturated carbocycles. The second-order valence-electron chi connectivity index (χ2n) is 2.33. The second kappa shape index (κ2) is 3.75.